The second-order valence-electron chi connectivity index (χ2n) is 4.60. The maximum absolute atomic E-state index is 11.9. The molecule has 1 heterocycles. The third-order valence-corrected chi connectivity index (χ3v) is 2.82. The van der Waals surface area contributed by atoms with Crippen molar-refractivity contribution in [1.29, 1.82) is 0 Å². The molecule has 0 spiro atoms. The minimum Gasteiger partial charge on any atom is -0.336 e. The van der Waals surface area contributed by atoms with Crippen molar-refractivity contribution in [1.82, 2.24) is 15.5 Å². The smallest absolute Gasteiger partial charge is 0.254 e. The Morgan fingerprint density at radius 1 is 1.15 bits per heavy atom. The molecule has 0 aromatic heterocycles. The summed E-state index contributed by atoms with van der Waals surface area (Å²) in [5.41, 5.74) is 0. The van der Waals surface area contributed by atoms with Crippen LogP contribution in [0.15, 0.2) is 12.2 Å². The van der Waals surface area contributed by atoms with Gasteiger partial charge in [0.05, 0.1) is 6.17 Å². The summed E-state index contributed by atoms with van der Waals surface area (Å²) >= 11 is 0. The molecule has 0 saturated heterocycles. The van der Waals surface area contributed by atoms with E-state index < -0.39 is 29.9 Å². The van der Waals surface area contributed by atoms with Crippen LogP contribution < -0.4 is 10.6 Å². The first-order chi connectivity index (χ1) is 9.36. The van der Waals surface area contributed by atoms with Crippen LogP contribution in [-0.4, -0.2) is 40.7 Å². The quantitative estimate of drug-likeness (QED) is 0.515. The van der Waals surface area contributed by atoms with Crippen molar-refractivity contribution in [2.45, 2.75) is 45.8 Å². The van der Waals surface area contributed by atoms with E-state index in [0.717, 1.165) is 17.1 Å². The lowest BCUT2D eigenvalue weighted by Crippen LogP contribution is -2.53. The van der Waals surface area contributed by atoms with Gasteiger partial charge in [0.1, 0.15) is 6.04 Å². The largest absolute Gasteiger partial charge is 0.336 e. The van der Waals surface area contributed by atoms with Crippen molar-refractivity contribution in [3.05, 3.63) is 12.2 Å². The van der Waals surface area contributed by atoms with Crippen LogP contribution in [0.1, 0.15) is 33.6 Å². The van der Waals surface area contributed by atoms with Gasteiger partial charge in [0.15, 0.2) is 0 Å². The molecule has 1 aliphatic rings. The third-order valence-electron chi connectivity index (χ3n) is 2.82. The number of imide groups is 1. The third kappa shape index (κ3) is 3.91. The van der Waals surface area contributed by atoms with Crippen LogP contribution in [0.3, 0.4) is 0 Å². The second kappa shape index (κ2) is 6.83. The molecule has 0 aromatic carbocycles. The molecule has 0 fully saturated rings. The molecule has 7 nitrogen and oxygen atoms in total. The summed E-state index contributed by atoms with van der Waals surface area (Å²) in [6.07, 6.45) is 2.77. The highest BCUT2D eigenvalue weighted by molar-refractivity contribution is 6.15. The van der Waals surface area contributed by atoms with E-state index in [0.29, 0.717) is 12.8 Å². The summed E-state index contributed by atoms with van der Waals surface area (Å²) in [7, 11) is 0. The average molecular weight is 281 g/mol. The number of amides is 4. The normalized spacial score (nSPS) is 17.1. The van der Waals surface area contributed by atoms with E-state index in [2.05, 4.69) is 10.6 Å². The topological polar surface area (TPSA) is 95.6 Å². The lowest BCUT2D eigenvalue weighted by atomic mass is 10.2. The van der Waals surface area contributed by atoms with Crippen molar-refractivity contribution >= 4 is 23.6 Å². The van der Waals surface area contributed by atoms with Gasteiger partial charge in [0.25, 0.3) is 11.8 Å². The van der Waals surface area contributed by atoms with Crippen LogP contribution in [-0.2, 0) is 19.2 Å². The molecule has 20 heavy (non-hydrogen) atoms. The summed E-state index contributed by atoms with van der Waals surface area (Å²) in [5.74, 6) is -1.69. The van der Waals surface area contributed by atoms with Gasteiger partial charge in [-0.15, -0.1) is 0 Å². The average Bonchev–Trinajstić information content (AvgIpc) is 2.68. The predicted molar refractivity (Wildman–Crippen MR) is 71.1 cm³/mol. The molecule has 0 bridgehead atoms. The molecule has 2 unspecified atom stereocenters. The minimum absolute atomic E-state index is 0.164. The van der Waals surface area contributed by atoms with Crippen molar-refractivity contribution < 1.29 is 19.2 Å². The van der Waals surface area contributed by atoms with Crippen molar-refractivity contribution in [3.8, 4) is 0 Å². The Morgan fingerprint density at radius 2 is 1.70 bits per heavy atom. The van der Waals surface area contributed by atoms with E-state index >= 15 is 0 Å². The zero-order valence-electron chi connectivity index (χ0n) is 11.8. The van der Waals surface area contributed by atoms with Gasteiger partial charge in [-0.25, -0.2) is 0 Å². The first-order valence-corrected chi connectivity index (χ1v) is 6.51. The van der Waals surface area contributed by atoms with Gasteiger partial charge in [-0.05, 0) is 20.3 Å². The summed E-state index contributed by atoms with van der Waals surface area (Å²) in [6, 6.07) is -0.921. The molecule has 2 N–H and O–H groups in total. The van der Waals surface area contributed by atoms with E-state index in [1.165, 1.54) is 6.92 Å². The van der Waals surface area contributed by atoms with E-state index in [-0.39, 0.29) is 5.91 Å². The Bertz CT molecular complexity index is 441. The van der Waals surface area contributed by atoms with Gasteiger partial charge in [0.2, 0.25) is 11.8 Å². The number of nitrogens with zero attached hydrogens (tertiary/aromatic N) is 1. The van der Waals surface area contributed by atoms with Crippen LogP contribution in [0.5, 0.6) is 0 Å². The monoisotopic (exact) mass is 281 g/mol. The lowest BCUT2D eigenvalue weighted by molar-refractivity contribution is -0.145. The molecule has 0 aromatic rings. The Balaban J connectivity index is 2.52. The van der Waals surface area contributed by atoms with Crippen LogP contribution in [0.25, 0.3) is 0 Å². The summed E-state index contributed by atoms with van der Waals surface area (Å²) in [4.78, 5) is 47.1. The zero-order valence-corrected chi connectivity index (χ0v) is 11.8. The number of nitrogens with one attached hydrogen (secondary N) is 2. The summed E-state index contributed by atoms with van der Waals surface area (Å²) in [6.45, 7) is 4.95. The van der Waals surface area contributed by atoms with Gasteiger partial charge in [-0.2, -0.15) is 0 Å². The molecule has 1 aliphatic heterocycles. The molecule has 4 amide bonds. The Labute approximate surface area is 117 Å². The van der Waals surface area contributed by atoms with E-state index in [1.54, 1.807) is 6.92 Å². The maximum atomic E-state index is 11.9. The SMILES string of the molecule is CCCC(=O)NC(C)NC(=O)C(C)N1C(=O)C=CC1=O. The van der Waals surface area contributed by atoms with Crippen molar-refractivity contribution in [3.63, 3.8) is 0 Å². The fourth-order valence-corrected chi connectivity index (χ4v) is 1.82. The highest BCUT2D eigenvalue weighted by Crippen LogP contribution is 2.09. The molecular formula is C13H19N3O4. The number of hydrogen-bond donors (Lipinski definition) is 2. The molecule has 0 radical (unpaired) electrons. The van der Waals surface area contributed by atoms with Gasteiger partial charge < -0.3 is 10.6 Å². The standard InChI is InChI=1S/C13H19N3O4/c1-4-5-10(17)14-9(3)15-13(20)8(2)16-11(18)6-7-12(16)19/h6-9H,4-5H2,1-3H3,(H,14,17)(H,15,20). The summed E-state index contributed by atoms with van der Waals surface area (Å²) in [5, 5.41) is 5.15. The molecule has 110 valence electrons. The maximum Gasteiger partial charge on any atom is 0.254 e. The number of carbonyl (C=O) groups excluding carboxylic acids is 4. The predicted octanol–water partition coefficient (Wildman–Crippen LogP) is -0.322. The van der Waals surface area contributed by atoms with Crippen molar-refractivity contribution in [2.24, 2.45) is 0 Å². The lowest BCUT2D eigenvalue weighted by Gasteiger charge is -2.24. The van der Waals surface area contributed by atoms with Gasteiger partial charge in [-0.1, -0.05) is 6.92 Å². The van der Waals surface area contributed by atoms with E-state index in [1.807, 2.05) is 6.92 Å². The Hall–Kier alpha value is -2.18. The fraction of sp³-hybridized carbons (Fsp3) is 0.538. The molecule has 2 atom stereocenters. The van der Waals surface area contributed by atoms with Crippen LogP contribution >= 0.6 is 0 Å². The molecular weight excluding hydrogens is 262 g/mol. The second-order valence-corrected chi connectivity index (χ2v) is 4.60. The van der Waals surface area contributed by atoms with Gasteiger partial charge >= 0.3 is 0 Å². The van der Waals surface area contributed by atoms with Crippen LogP contribution in [0.2, 0.25) is 0 Å². The molecule has 7 heteroatoms. The highest BCUT2D eigenvalue weighted by atomic mass is 16.2. The van der Waals surface area contributed by atoms with E-state index in [4.69, 9.17) is 0 Å². The van der Waals surface area contributed by atoms with Gasteiger partial charge in [0, 0.05) is 18.6 Å². The number of hydrogen-bond acceptors (Lipinski definition) is 4. The number of carbonyl (C=O) groups is 4. The van der Waals surface area contributed by atoms with E-state index in [9.17, 15) is 19.2 Å². The highest BCUT2D eigenvalue weighted by Gasteiger charge is 2.32. The zero-order chi connectivity index (χ0) is 15.3. The molecule has 0 aliphatic carbocycles. The molecule has 1 rings (SSSR count). The Morgan fingerprint density at radius 3 is 2.20 bits per heavy atom. The Kier molecular flexibility index (Phi) is 5.42. The van der Waals surface area contributed by atoms with Crippen LogP contribution in [0.4, 0.5) is 0 Å². The minimum atomic E-state index is -0.921. The summed E-state index contributed by atoms with van der Waals surface area (Å²) < 4.78 is 0. The first-order valence-electron chi connectivity index (χ1n) is 6.51. The van der Waals surface area contributed by atoms with Crippen LogP contribution in [0, 0.1) is 0 Å². The van der Waals surface area contributed by atoms with Crippen molar-refractivity contribution in [2.75, 3.05) is 0 Å². The number of rotatable bonds is 6. The molecule has 0 saturated carbocycles. The first kappa shape index (κ1) is 15.9. The fourth-order valence-electron chi connectivity index (χ4n) is 1.82. The van der Waals surface area contributed by atoms with Gasteiger partial charge in [-0.3, -0.25) is 24.1 Å².